The molecule has 2 nitrogen and oxygen atoms in total. The molecule has 0 saturated carbocycles. The molecule has 0 aromatic heterocycles. The van der Waals surface area contributed by atoms with Crippen molar-refractivity contribution in [2.24, 2.45) is 5.89 Å². The molecule has 0 bridgehead atoms. The standard InChI is InChI=1S/C13H18O2/c1-9(2)8-11-4-6-12(7-5-11)10(3)13(14)15/h4-7,9-10H,8H2,1-3H3,(H,14,15)/t10-/m0/s1/i1D2,9D/t9?,10-. The van der Waals surface area contributed by atoms with Crippen molar-refractivity contribution in [2.75, 3.05) is 0 Å². The van der Waals surface area contributed by atoms with Crippen LogP contribution in [-0.2, 0) is 11.2 Å². The maximum absolute atomic E-state index is 10.8. The Morgan fingerprint density at radius 1 is 1.47 bits per heavy atom. The number of benzene rings is 1. The summed E-state index contributed by atoms with van der Waals surface area (Å²) in [7, 11) is 0. The molecular weight excluding hydrogens is 188 g/mol. The summed E-state index contributed by atoms with van der Waals surface area (Å²) >= 11 is 0. The third kappa shape index (κ3) is 3.39. The highest BCUT2D eigenvalue weighted by atomic mass is 16.4. The second-order valence-corrected chi connectivity index (χ2v) is 3.82. The smallest absolute Gasteiger partial charge is 0.310 e. The highest BCUT2D eigenvalue weighted by Crippen LogP contribution is 2.17. The van der Waals surface area contributed by atoms with E-state index < -0.39 is 24.7 Å². The number of hydrogen-bond donors (Lipinski definition) is 1. The summed E-state index contributed by atoms with van der Waals surface area (Å²) in [5.41, 5.74) is 1.56. The van der Waals surface area contributed by atoms with E-state index in [0.29, 0.717) is 12.0 Å². The first-order valence-electron chi connectivity index (χ1n) is 6.55. The number of aliphatic carboxylic acids is 1. The van der Waals surface area contributed by atoms with Gasteiger partial charge in [-0.15, -0.1) is 0 Å². The molecule has 0 aliphatic rings. The largest absolute Gasteiger partial charge is 0.481 e. The molecule has 0 aliphatic heterocycles. The molecule has 0 aliphatic carbocycles. The number of rotatable bonds is 4. The average Bonchev–Trinajstić information content (AvgIpc) is 2.28. The van der Waals surface area contributed by atoms with Crippen molar-refractivity contribution in [3.63, 3.8) is 0 Å². The molecule has 0 spiro atoms. The highest BCUT2D eigenvalue weighted by Gasteiger charge is 2.12. The highest BCUT2D eigenvalue weighted by molar-refractivity contribution is 5.75. The third-order valence-corrected chi connectivity index (χ3v) is 2.33. The zero-order chi connectivity index (χ0) is 13.9. The van der Waals surface area contributed by atoms with E-state index in [0.717, 1.165) is 5.56 Å². The van der Waals surface area contributed by atoms with Gasteiger partial charge in [0.05, 0.1) is 5.92 Å². The van der Waals surface area contributed by atoms with Crippen molar-refractivity contribution in [1.82, 2.24) is 0 Å². The lowest BCUT2D eigenvalue weighted by atomic mass is 9.97. The van der Waals surface area contributed by atoms with Crippen LogP contribution in [-0.4, -0.2) is 11.1 Å². The van der Waals surface area contributed by atoms with Gasteiger partial charge in [-0.05, 0) is 30.4 Å². The van der Waals surface area contributed by atoms with Gasteiger partial charge in [0.1, 0.15) is 0 Å². The maximum Gasteiger partial charge on any atom is 0.310 e. The number of hydrogen-bond acceptors (Lipinski definition) is 1. The summed E-state index contributed by atoms with van der Waals surface area (Å²) in [6.45, 7) is 1.97. The Balaban J connectivity index is 2.81. The Morgan fingerprint density at radius 3 is 2.53 bits per heavy atom. The molecule has 1 aromatic carbocycles. The van der Waals surface area contributed by atoms with Gasteiger partial charge in [-0.2, -0.15) is 0 Å². The van der Waals surface area contributed by atoms with Crippen LogP contribution in [0.3, 0.4) is 0 Å². The molecule has 2 atom stereocenters. The van der Waals surface area contributed by atoms with Gasteiger partial charge >= 0.3 is 5.97 Å². The van der Waals surface area contributed by atoms with E-state index in [1.54, 1.807) is 38.1 Å². The van der Waals surface area contributed by atoms with Gasteiger partial charge in [0, 0.05) is 4.11 Å². The lowest BCUT2D eigenvalue weighted by molar-refractivity contribution is -0.138. The fraction of sp³-hybridized carbons (Fsp3) is 0.462. The summed E-state index contributed by atoms with van der Waals surface area (Å²) in [6, 6.07) is 6.99. The van der Waals surface area contributed by atoms with Crippen LogP contribution in [0, 0.1) is 5.89 Å². The molecule has 1 aromatic rings. The fourth-order valence-corrected chi connectivity index (χ4v) is 1.39. The van der Waals surface area contributed by atoms with Crippen LogP contribution >= 0.6 is 0 Å². The molecule has 82 valence electrons. The fourth-order valence-electron chi connectivity index (χ4n) is 1.39. The monoisotopic (exact) mass is 209 g/mol. The van der Waals surface area contributed by atoms with Crippen molar-refractivity contribution in [3.05, 3.63) is 35.4 Å². The third-order valence-electron chi connectivity index (χ3n) is 2.33. The van der Waals surface area contributed by atoms with E-state index in [1.807, 2.05) is 0 Å². The number of carboxylic acid groups (broad SMARTS) is 1. The second kappa shape index (κ2) is 4.96. The predicted octanol–water partition coefficient (Wildman–Crippen LogP) is 3.07. The van der Waals surface area contributed by atoms with Crippen LogP contribution in [0.1, 0.15) is 41.9 Å². The summed E-state index contributed by atoms with van der Waals surface area (Å²) in [5, 5.41) is 8.88. The molecule has 1 rings (SSSR count). The van der Waals surface area contributed by atoms with E-state index in [-0.39, 0.29) is 0 Å². The molecule has 0 amide bonds. The van der Waals surface area contributed by atoms with E-state index in [4.69, 9.17) is 9.22 Å². The Hall–Kier alpha value is -1.31. The summed E-state index contributed by atoms with van der Waals surface area (Å²) in [4.78, 5) is 10.8. The first-order chi connectivity index (χ1) is 8.24. The van der Waals surface area contributed by atoms with E-state index in [1.165, 1.54) is 0 Å². The first-order valence-corrected chi connectivity index (χ1v) is 4.90. The maximum atomic E-state index is 10.8. The molecular formula is C13H18O2. The van der Waals surface area contributed by atoms with Crippen LogP contribution in [0.5, 0.6) is 0 Å². The molecule has 0 heterocycles. The number of carbonyl (C=O) groups is 1. The SMILES string of the molecule is [2H]C([2H])C([2H])(C)Cc1ccc([C@H](C)C(=O)O)cc1. The minimum atomic E-state index is -1.21. The summed E-state index contributed by atoms with van der Waals surface area (Å²) in [6.07, 6.45) is 0.312. The van der Waals surface area contributed by atoms with Crippen molar-refractivity contribution in [1.29, 1.82) is 0 Å². The Morgan fingerprint density at radius 2 is 2.07 bits per heavy atom. The van der Waals surface area contributed by atoms with Gasteiger partial charge in [0.25, 0.3) is 0 Å². The van der Waals surface area contributed by atoms with Crippen molar-refractivity contribution in [3.8, 4) is 0 Å². The van der Waals surface area contributed by atoms with Crippen LogP contribution < -0.4 is 0 Å². The summed E-state index contributed by atoms with van der Waals surface area (Å²) < 4.78 is 22.5. The van der Waals surface area contributed by atoms with Gasteiger partial charge < -0.3 is 5.11 Å². The molecule has 0 radical (unpaired) electrons. The minimum Gasteiger partial charge on any atom is -0.481 e. The predicted molar refractivity (Wildman–Crippen MR) is 61.0 cm³/mol. The zero-order valence-corrected chi connectivity index (χ0v) is 9.03. The molecule has 1 N–H and O–H groups in total. The van der Waals surface area contributed by atoms with Gasteiger partial charge in [-0.25, -0.2) is 0 Å². The Labute approximate surface area is 95.2 Å². The van der Waals surface area contributed by atoms with Crippen LogP contribution in [0.2, 0.25) is 0 Å². The van der Waals surface area contributed by atoms with Crippen molar-refractivity contribution in [2.45, 2.75) is 33.1 Å². The van der Waals surface area contributed by atoms with E-state index in [2.05, 4.69) is 0 Å². The van der Waals surface area contributed by atoms with Crippen LogP contribution in [0.15, 0.2) is 24.3 Å². The Kier molecular flexibility index (Phi) is 2.62. The van der Waals surface area contributed by atoms with Gasteiger partial charge in [0.15, 0.2) is 0 Å². The molecule has 15 heavy (non-hydrogen) atoms. The number of carboxylic acids is 1. The summed E-state index contributed by atoms with van der Waals surface area (Å²) in [5.74, 6) is -2.58. The molecule has 0 saturated heterocycles. The van der Waals surface area contributed by atoms with E-state index >= 15 is 0 Å². The first kappa shape index (κ1) is 7.91. The normalized spacial score (nSPS) is 19.8. The minimum absolute atomic E-state index is 0.312. The van der Waals surface area contributed by atoms with E-state index in [9.17, 15) is 4.79 Å². The van der Waals surface area contributed by atoms with Crippen molar-refractivity contribution >= 4 is 5.97 Å². The van der Waals surface area contributed by atoms with Crippen LogP contribution in [0.25, 0.3) is 0 Å². The van der Waals surface area contributed by atoms with Crippen molar-refractivity contribution < 1.29 is 14.0 Å². The lowest BCUT2D eigenvalue weighted by Gasteiger charge is -2.09. The topological polar surface area (TPSA) is 37.3 Å². The van der Waals surface area contributed by atoms with Gasteiger partial charge in [0.2, 0.25) is 0 Å². The van der Waals surface area contributed by atoms with Crippen LogP contribution in [0.4, 0.5) is 0 Å². The molecule has 1 unspecified atom stereocenters. The Bertz CT molecular complexity index is 413. The lowest BCUT2D eigenvalue weighted by Crippen LogP contribution is -2.07. The quantitative estimate of drug-likeness (QED) is 0.827. The van der Waals surface area contributed by atoms with Gasteiger partial charge in [-0.3, -0.25) is 4.79 Å². The zero-order valence-electron chi connectivity index (χ0n) is 12.0. The molecule has 2 heteroatoms. The second-order valence-electron chi connectivity index (χ2n) is 3.82. The average molecular weight is 209 g/mol. The molecule has 0 fully saturated rings. The van der Waals surface area contributed by atoms with Gasteiger partial charge in [-0.1, -0.05) is 38.1 Å².